The first-order valence-corrected chi connectivity index (χ1v) is 24.9. The molecule has 2 unspecified atom stereocenters. The van der Waals surface area contributed by atoms with Gasteiger partial charge in [-0.05, 0) is 190 Å². The number of benzene rings is 4. The molecule has 406 valence electrons. The molecule has 77 heavy (non-hydrogen) atoms. The topological polar surface area (TPSA) is 15.5 Å². The van der Waals surface area contributed by atoms with Crippen LogP contribution in [0.15, 0.2) is 146 Å². The van der Waals surface area contributed by atoms with E-state index in [-0.39, 0.29) is 38.9 Å². The molecule has 0 aliphatic carbocycles. The normalized spacial score (nSPS) is 21.8. The van der Waals surface area contributed by atoms with Crippen LogP contribution in [-0.2, 0) is 46.4 Å². The number of rotatable bonds is 9. The number of aromatic nitrogens is 4. The summed E-state index contributed by atoms with van der Waals surface area (Å²) in [6, 6.07) is 32.1. The van der Waals surface area contributed by atoms with Gasteiger partial charge >= 0.3 is 0 Å². The lowest BCUT2D eigenvalue weighted by molar-refractivity contribution is -0.660. The average Bonchev–Trinajstić information content (AvgIpc) is 0.753. The zero-order valence-corrected chi connectivity index (χ0v) is 46.4. The van der Waals surface area contributed by atoms with E-state index in [2.05, 4.69) is 0 Å². The number of aryl methyl sites for hydroxylation is 12. The number of hydrogen-bond donors (Lipinski definition) is 0. The summed E-state index contributed by atoms with van der Waals surface area (Å²) in [7, 11) is 6.93. The standard InChI is InChI=1S/C19H26N.3C18H24N/c1-14-7-10-18(20(6)13-14)17-9-8-16(11-15(17)2)12-19(3,4)5;1-13-7-10-17(19(6)12-13)16-9-8-15(11-14(16)2)18(3,4)5;1-13(2)10-16-7-8-17(15(4)11-16)18-9-6-14(3)12-19(18)5;1-6-14(3)16-8-9-17(15(4)11-16)18-10-7-13(2)12-19(18)5/h7-11,13H,12H2,1-6H3;7-12H,1-6H3;6-9,11-13H,10H2,1-5H3;7-12,14H,6H2,1-5H3/q4*+1/i1D3,3D3,12D2;1D3,3D3,4D3;1D3,3D3,10D2,13D;1D3,2D3,3D3,14D. The molecule has 0 saturated carbocycles. The van der Waals surface area contributed by atoms with Crippen LogP contribution < -0.4 is 18.3 Å². The second-order valence-corrected chi connectivity index (χ2v) is 20.1. The lowest BCUT2D eigenvalue weighted by Crippen LogP contribution is -2.31. The van der Waals surface area contributed by atoms with Gasteiger partial charge in [0.25, 0.3) is 0 Å². The highest BCUT2D eigenvalue weighted by molar-refractivity contribution is 5.64. The Balaban J connectivity index is 0.000000269. The Morgan fingerprint density at radius 3 is 1.26 bits per heavy atom. The molecule has 0 bridgehead atoms. The molecule has 0 fully saturated rings. The van der Waals surface area contributed by atoms with Gasteiger partial charge in [-0.2, -0.15) is 0 Å². The van der Waals surface area contributed by atoms with Gasteiger partial charge in [0.15, 0.2) is 24.8 Å². The molecule has 0 aliphatic heterocycles. The van der Waals surface area contributed by atoms with Crippen molar-refractivity contribution in [1.82, 2.24) is 0 Å². The Morgan fingerprint density at radius 2 is 0.896 bits per heavy atom. The largest absolute Gasteiger partial charge is 0.212 e. The quantitative estimate of drug-likeness (QED) is 0.128. The Labute approximate surface area is 519 Å². The summed E-state index contributed by atoms with van der Waals surface area (Å²) in [5, 5.41) is 0. The van der Waals surface area contributed by atoms with E-state index in [9.17, 15) is 0 Å². The van der Waals surface area contributed by atoms with Crippen molar-refractivity contribution < 1.29 is 67.6 Å². The fourth-order valence-corrected chi connectivity index (χ4v) is 8.69. The van der Waals surface area contributed by atoms with E-state index in [1.165, 1.54) is 81.8 Å². The third-order valence-electron chi connectivity index (χ3n) is 12.4. The average molecular weight is 1070 g/mol. The summed E-state index contributed by atoms with van der Waals surface area (Å²) in [4.78, 5) is 0. The van der Waals surface area contributed by atoms with Crippen molar-refractivity contribution in [1.29, 1.82) is 0 Å². The van der Waals surface area contributed by atoms with Crippen molar-refractivity contribution in [3.8, 4) is 45.0 Å². The minimum absolute atomic E-state index is 0.108. The van der Waals surface area contributed by atoms with Crippen molar-refractivity contribution in [2.75, 3.05) is 0 Å². The Bertz CT molecular complexity index is 4550. The highest BCUT2D eigenvalue weighted by atomic mass is 14.9. The molecule has 8 aromatic rings. The van der Waals surface area contributed by atoms with Crippen molar-refractivity contribution in [2.24, 2.45) is 39.5 Å². The first kappa shape index (κ1) is 27.9. The molecule has 4 aromatic carbocycles. The second-order valence-electron chi connectivity index (χ2n) is 20.1. The molecular weight excluding hydrogens is 933 g/mol. The molecule has 0 radical (unpaired) electrons. The van der Waals surface area contributed by atoms with Gasteiger partial charge in [0.2, 0.25) is 22.8 Å². The first-order chi connectivity index (χ1) is 50.4. The van der Waals surface area contributed by atoms with E-state index in [1.807, 2.05) is 6.92 Å². The van der Waals surface area contributed by atoms with Gasteiger partial charge < -0.3 is 0 Å². The van der Waals surface area contributed by atoms with Crippen molar-refractivity contribution in [3.63, 3.8) is 0 Å². The Morgan fingerprint density at radius 1 is 0.481 bits per heavy atom. The third-order valence-corrected chi connectivity index (χ3v) is 12.4. The van der Waals surface area contributed by atoms with E-state index >= 15 is 0 Å². The van der Waals surface area contributed by atoms with Gasteiger partial charge in [0.05, 0.1) is 0 Å². The number of nitrogens with zero attached hydrogens (tertiary/aromatic N) is 4. The van der Waals surface area contributed by atoms with Crippen LogP contribution in [0.1, 0.15) is 197 Å². The molecule has 0 saturated heterocycles. The lowest BCUT2D eigenvalue weighted by Gasteiger charge is -2.20. The highest BCUT2D eigenvalue weighted by Crippen LogP contribution is 2.30. The third kappa shape index (κ3) is 17.5. The minimum atomic E-state index is -2.82. The maximum atomic E-state index is 8.49. The van der Waals surface area contributed by atoms with Crippen LogP contribution in [0, 0.1) is 66.4 Å². The van der Waals surface area contributed by atoms with Gasteiger partial charge in [0, 0.05) is 118 Å². The number of hydrogen-bond acceptors (Lipinski definition) is 0. The highest BCUT2D eigenvalue weighted by Gasteiger charge is 2.20. The van der Waals surface area contributed by atoms with Crippen LogP contribution in [0.3, 0.4) is 0 Å². The zero-order chi connectivity index (χ0) is 87.5. The molecule has 0 N–H and O–H groups in total. The molecular formula is C73H98N4+4. The van der Waals surface area contributed by atoms with Crippen LogP contribution in [0.25, 0.3) is 45.0 Å². The Kier molecular flexibility index (Phi) is 9.66. The van der Waals surface area contributed by atoms with E-state index in [0.717, 1.165) is 51.8 Å². The van der Waals surface area contributed by atoms with Crippen LogP contribution in [0.5, 0.6) is 0 Å². The lowest BCUT2D eigenvalue weighted by atomic mass is 9.85. The summed E-state index contributed by atoms with van der Waals surface area (Å²) in [5.74, 6) is -4.59. The summed E-state index contributed by atoms with van der Waals surface area (Å²) in [6.45, 7) is -12.6. The molecule has 4 heterocycles. The van der Waals surface area contributed by atoms with E-state index in [4.69, 9.17) is 49.3 Å². The molecule has 0 spiro atoms. The zero-order valence-electron chi connectivity index (χ0n) is 82.4. The van der Waals surface area contributed by atoms with Crippen molar-refractivity contribution in [3.05, 3.63) is 213 Å². The van der Waals surface area contributed by atoms with Crippen molar-refractivity contribution in [2.45, 2.75) is 154 Å². The molecule has 4 aromatic heterocycles. The molecule has 4 heteroatoms. The fraction of sp³-hybridized carbons (Fsp3) is 0.397. The molecule has 2 atom stereocenters. The summed E-state index contributed by atoms with van der Waals surface area (Å²) in [5.41, 5.74) is 6.93. The monoisotopic (exact) mass is 1070 g/mol. The second kappa shape index (κ2) is 26.7. The Hall–Kier alpha value is -6.52. The van der Waals surface area contributed by atoms with Crippen LogP contribution in [-0.4, -0.2) is 0 Å². The van der Waals surface area contributed by atoms with Gasteiger partial charge in [-0.3, -0.25) is 0 Å². The van der Waals surface area contributed by atoms with E-state index in [1.54, 1.807) is 152 Å². The van der Waals surface area contributed by atoms with Gasteiger partial charge in [0.1, 0.15) is 28.2 Å². The summed E-state index contributed by atoms with van der Waals surface area (Å²) < 4.78 is 285. The van der Waals surface area contributed by atoms with Crippen LogP contribution in [0.2, 0.25) is 0 Å². The molecule has 4 nitrogen and oxygen atoms in total. The molecule has 8 rings (SSSR count). The summed E-state index contributed by atoms with van der Waals surface area (Å²) >= 11 is 0. The molecule has 0 amide bonds. The molecule has 0 aliphatic rings. The van der Waals surface area contributed by atoms with Gasteiger partial charge in [-0.15, -0.1) is 0 Å². The maximum Gasteiger partial charge on any atom is 0.212 e. The SMILES string of the molecule is [2H]C([2H])([2H])CC([2H])(c1ccc(-c2ccc(C([2H])([2H])[2H])c[n+]2C)c(C)c1)C([2H])([2H])[2H].[2H]C([2H])([2H])c1ccc(-c2ccc(C(C)(C([2H])([2H])[2H])C([2H])([2H])[2H])cc2C)[n+](C)c1.[2H]C([2H])([2H])c1ccc(-c2ccc(C([2H])([2H])C(C)(C)C([2H])([2H])[2H])cc2C)[n+](C)c1.[2H]C([2H])([2H])c1ccc(-c2ccc(C([2H])([2H])C([2H])(C)C([2H])([2H])[2H])cc2C)[n+](C)c1. The number of pyridine rings is 4. The van der Waals surface area contributed by atoms with Gasteiger partial charge in [-0.1, -0.05) is 117 Å². The smallest absolute Gasteiger partial charge is 0.201 e. The van der Waals surface area contributed by atoms with E-state index < -0.39 is 110 Å². The predicted molar refractivity (Wildman–Crippen MR) is 329 cm³/mol. The predicted octanol–water partition coefficient (Wildman–Crippen LogP) is 16.8. The van der Waals surface area contributed by atoms with Crippen LogP contribution in [0.4, 0.5) is 0 Å². The fourth-order valence-electron chi connectivity index (χ4n) is 8.69. The summed E-state index contributed by atoms with van der Waals surface area (Å²) in [6.07, 6.45) is 0.892. The van der Waals surface area contributed by atoms with Crippen LogP contribution >= 0.6 is 0 Å². The van der Waals surface area contributed by atoms with Gasteiger partial charge in [-0.25, -0.2) is 18.3 Å². The maximum absolute atomic E-state index is 8.49. The minimum Gasteiger partial charge on any atom is -0.201 e. The van der Waals surface area contributed by atoms with Crippen molar-refractivity contribution >= 4 is 0 Å². The van der Waals surface area contributed by atoms with E-state index in [0.29, 0.717) is 27.9 Å². The first-order valence-electron chi connectivity index (χ1n) is 42.9.